The summed E-state index contributed by atoms with van der Waals surface area (Å²) in [5, 5.41) is 10.7. The molecule has 1 aromatic carbocycles. The minimum Gasteiger partial charge on any atom is -0.396 e. The number of hydrogen-bond acceptors (Lipinski definition) is 1. The minimum atomic E-state index is 0.212. The molecule has 1 N–H and O–H groups in total. The Hall–Kier alpha value is -1.28. The molecule has 2 heteroatoms. The molecule has 0 amide bonds. The molecule has 3 rings (SSSR count). The number of fused-ring (bicyclic) bond motifs is 1. The topological polar surface area (TPSA) is 25.2 Å². The van der Waals surface area contributed by atoms with Gasteiger partial charge in [-0.25, -0.2) is 0 Å². The van der Waals surface area contributed by atoms with Crippen molar-refractivity contribution in [3.05, 3.63) is 36.0 Å². The zero-order valence-electron chi connectivity index (χ0n) is 11.0. The van der Waals surface area contributed by atoms with Gasteiger partial charge < -0.3 is 9.67 Å². The summed E-state index contributed by atoms with van der Waals surface area (Å²) in [6.45, 7) is 3.45. The highest BCUT2D eigenvalue weighted by atomic mass is 16.3. The number of aromatic nitrogens is 1. The molecule has 96 valence electrons. The first-order chi connectivity index (χ1) is 8.79. The first-order valence-corrected chi connectivity index (χ1v) is 6.98. The molecule has 2 aromatic rings. The maximum absolute atomic E-state index is 9.41. The molecule has 1 fully saturated rings. The lowest BCUT2D eigenvalue weighted by Gasteiger charge is -2.26. The molecule has 1 saturated carbocycles. The fraction of sp³-hybridized carbons (Fsp3) is 0.500. The predicted octanol–water partition coefficient (Wildman–Crippen LogP) is 3.54. The predicted molar refractivity (Wildman–Crippen MR) is 74.8 cm³/mol. The van der Waals surface area contributed by atoms with Gasteiger partial charge in [-0.1, -0.05) is 31.5 Å². The molecule has 0 saturated heterocycles. The molecule has 0 bridgehead atoms. The quantitative estimate of drug-likeness (QED) is 0.873. The smallest absolute Gasteiger partial charge is 0.0516 e. The van der Waals surface area contributed by atoms with E-state index in [4.69, 9.17) is 0 Å². The van der Waals surface area contributed by atoms with Gasteiger partial charge in [0.25, 0.3) is 0 Å². The Kier molecular flexibility index (Phi) is 3.13. The van der Waals surface area contributed by atoms with Crippen molar-refractivity contribution in [2.75, 3.05) is 6.61 Å². The van der Waals surface area contributed by atoms with E-state index in [-0.39, 0.29) is 12.5 Å². The first-order valence-electron chi connectivity index (χ1n) is 6.98. The molecule has 1 atom stereocenters. The third kappa shape index (κ3) is 1.95. The largest absolute Gasteiger partial charge is 0.396 e. The van der Waals surface area contributed by atoms with E-state index in [1.807, 2.05) is 0 Å². The van der Waals surface area contributed by atoms with Crippen molar-refractivity contribution in [2.24, 2.45) is 5.92 Å². The van der Waals surface area contributed by atoms with Crippen molar-refractivity contribution >= 4 is 10.9 Å². The van der Waals surface area contributed by atoms with Gasteiger partial charge in [0.2, 0.25) is 0 Å². The second-order valence-electron chi connectivity index (χ2n) is 5.63. The molecule has 0 radical (unpaired) electrons. The summed E-state index contributed by atoms with van der Waals surface area (Å²) in [5.41, 5.74) is 2.60. The van der Waals surface area contributed by atoms with Crippen LogP contribution in [0.1, 0.15) is 37.7 Å². The van der Waals surface area contributed by atoms with Crippen LogP contribution < -0.4 is 0 Å². The van der Waals surface area contributed by atoms with E-state index in [0.29, 0.717) is 0 Å². The fourth-order valence-electron chi connectivity index (χ4n) is 2.89. The van der Waals surface area contributed by atoms with Crippen LogP contribution in [0, 0.1) is 5.92 Å². The van der Waals surface area contributed by atoms with E-state index < -0.39 is 0 Å². The van der Waals surface area contributed by atoms with Gasteiger partial charge in [0.1, 0.15) is 0 Å². The second kappa shape index (κ2) is 4.77. The lowest BCUT2D eigenvalue weighted by molar-refractivity contribution is 0.271. The van der Waals surface area contributed by atoms with Crippen molar-refractivity contribution in [1.82, 2.24) is 4.57 Å². The van der Waals surface area contributed by atoms with Crippen LogP contribution in [0.3, 0.4) is 0 Å². The van der Waals surface area contributed by atoms with E-state index in [2.05, 4.69) is 42.0 Å². The van der Waals surface area contributed by atoms with Gasteiger partial charge in [-0.15, -0.1) is 0 Å². The van der Waals surface area contributed by atoms with Crippen LogP contribution in [-0.4, -0.2) is 16.3 Å². The summed E-state index contributed by atoms with van der Waals surface area (Å²) in [6, 6.07) is 8.61. The zero-order chi connectivity index (χ0) is 12.5. The van der Waals surface area contributed by atoms with E-state index in [9.17, 15) is 5.11 Å². The molecule has 2 nitrogen and oxygen atoms in total. The average Bonchev–Trinajstić information content (AvgIpc) is 2.76. The third-order valence-corrected chi connectivity index (χ3v) is 4.30. The Bertz CT molecular complexity index is 539. The van der Waals surface area contributed by atoms with Gasteiger partial charge >= 0.3 is 0 Å². The molecule has 1 aliphatic carbocycles. The van der Waals surface area contributed by atoms with E-state index in [0.717, 1.165) is 12.5 Å². The molecule has 1 heterocycles. The lowest BCUT2D eigenvalue weighted by Crippen LogP contribution is -2.18. The van der Waals surface area contributed by atoms with Crippen molar-refractivity contribution in [3.63, 3.8) is 0 Å². The van der Waals surface area contributed by atoms with E-state index >= 15 is 0 Å². The van der Waals surface area contributed by atoms with E-state index in [1.165, 1.54) is 35.7 Å². The van der Waals surface area contributed by atoms with Crippen LogP contribution in [0.4, 0.5) is 0 Å². The van der Waals surface area contributed by atoms with Crippen molar-refractivity contribution in [2.45, 2.75) is 38.6 Å². The summed E-state index contributed by atoms with van der Waals surface area (Å²) in [5.74, 6) is 1.07. The Morgan fingerprint density at radius 3 is 2.83 bits per heavy atom. The van der Waals surface area contributed by atoms with Gasteiger partial charge in [0.05, 0.1) is 5.52 Å². The number of hydrogen-bond donors (Lipinski definition) is 1. The van der Waals surface area contributed by atoms with Gasteiger partial charge in [0.15, 0.2) is 0 Å². The molecule has 1 unspecified atom stereocenters. The number of aliphatic hydroxyl groups is 1. The Morgan fingerprint density at radius 1 is 1.33 bits per heavy atom. The fourth-order valence-corrected chi connectivity index (χ4v) is 2.89. The molecule has 18 heavy (non-hydrogen) atoms. The van der Waals surface area contributed by atoms with Crippen LogP contribution in [0.25, 0.3) is 10.9 Å². The van der Waals surface area contributed by atoms with E-state index in [1.54, 1.807) is 0 Å². The van der Waals surface area contributed by atoms with Crippen molar-refractivity contribution in [3.8, 4) is 0 Å². The number of aliphatic hydroxyl groups excluding tert-OH is 1. The highest BCUT2D eigenvalue weighted by Crippen LogP contribution is 2.31. The number of benzene rings is 1. The van der Waals surface area contributed by atoms with Gasteiger partial charge in [-0.2, -0.15) is 0 Å². The zero-order valence-corrected chi connectivity index (χ0v) is 11.0. The van der Waals surface area contributed by atoms with Gasteiger partial charge in [0, 0.05) is 25.3 Å². The standard InChI is InChI=1S/C16H21NO/c1-12(11-18)15-7-3-6-14-8-9-17(16(14)15)10-13-4-2-5-13/h3,6-9,12-13,18H,2,4-5,10-11H2,1H3. The highest BCUT2D eigenvalue weighted by molar-refractivity contribution is 5.83. The monoisotopic (exact) mass is 243 g/mol. The average molecular weight is 243 g/mol. The molecule has 0 aliphatic heterocycles. The maximum Gasteiger partial charge on any atom is 0.0516 e. The minimum absolute atomic E-state index is 0.212. The number of rotatable bonds is 4. The Labute approximate surface area is 108 Å². The maximum atomic E-state index is 9.41. The Morgan fingerprint density at radius 2 is 2.17 bits per heavy atom. The highest BCUT2D eigenvalue weighted by Gasteiger charge is 2.19. The van der Waals surface area contributed by atoms with Crippen LogP contribution in [-0.2, 0) is 6.54 Å². The summed E-state index contributed by atoms with van der Waals surface area (Å²) in [6.07, 6.45) is 6.34. The molecular formula is C16H21NO. The van der Waals surface area contributed by atoms with Crippen LogP contribution in [0.2, 0.25) is 0 Å². The number of nitrogens with zero attached hydrogens (tertiary/aromatic N) is 1. The first kappa shape index (κ1) is 11.8. The van der Waals surface area contributed by atoms with Crippen LogP contribution >= 0.6 is 0 Å². The SMILES string of the molecule is CC(CO)c1cccc2ccn(CC3CCC3)c12. The lowest BCUT2D eigenvalue weighted by atomic mass is 9.85. The Balaban J connectivity index is 2.02. The van der Waals surface area contributed by atoms with Crippen molar-refractivity contribution < 1.29 is 5.11 Å². The molecular weight excluding hydrogens is 222 g/mol. The summed E-state index contributed by atoms with van der Waals surface area (Å²) in [4.78, 5) is 0. The van der Waals surface area contributed by atoms with Gasteiger partial charge in [-0.3, -0.25) is 0 Å². The normalized spacial score (nSPS) is 17.9. The van der Waals surface area contributed by atoms with Crippen LogP contribution in [0.15, 0.2) is 30.5 Å². The van der Waals surface area contributed by atoms with Crippen LogP contribution in [0.5, 0.6) is 0 Å². The third-order valence-electron chi connectivity index (χ3n) is 4.30. The molecule has 1 aromatic heterocycles. The molecule has 0 spiro atoms. The summed E-state index contributed by atoms with van der Waals surface area (Å²) >= 11 is 0. The van der Waals surface area contributed by atoms with Crippen molar-refractivity contribution in [1.29, 1.82) is 0 Å². The summed E-state index contributed by atoms with van der Waals surface area (Å²) in [7, 11) is 0. The number of para-hydroxylation sites is 1. The summed E-state index contributed by atoms with van der Waals surface area (Å²) < 4.78 is 2.39. The molecule has 1 aliphatic rings. The van der Waals surface area contributed by atoms with Gasteiger partial charge in [-0.05, 0) is 35.8 Å². The second-order valence-corrected chi connectivity index (χ2v) is 5.63.